The van der Waals surface area contributed by atoms with Crippen LogP contribution in [0.2, 0.25) is 0 Å². The fourth-order valence-corrected chi connectivity index (χ4v) is 4.42. The monoisotopic (exact) mass is 519 g/mol. The molecule has 2 heterocycles. The van der Waals surface area contributed by atoms with Gasteiger partial charge in [-0.1, -0.05) is 12.1 Å². The van der Waals surface area contributed by atoms with Crippen LogP contribution in [0.25, 0.3) is 22.3 Å². The van der Waals surface area contributed by atoms with Gasteiger partial charge in [0.05, 0.1) is 17.7 Å². The summed E-state index contributed by atoms with van der Waals surface area (Å²) in [4.78, 5) is 33.6. The van der Waals surface area contributed by atoms with Gasteiger partial charge in [0.15, 0.2) is 12.4 Å². The van der Waals surface area contributed by atoms with Crippen molar-refractivity contribution < 1.29 is 19.1 Å². The molecule has 0 atom stereocenters. The summed E-state index contributed by atoms with van der Waals surface area (Å²) in [6.45, 7) is 8.05. The first kappa shape index (κ1) is 25.9. The van der Waals surface area contributed by atoms with Crippen LogP contribution in [-0.4, -0.2) is 40.5 Å². The number of anilines is 2. The summed E-state index contributed by atoms with van der Waals surface area (Å²) < 4.78 is 11.4. The molecule has 0 bridgehead atoms. The highest BCUT2D eigenvalue weighted by atomic mass is 32.1. The van der Waals surface area contributed by atoms with E-state index in [1.165, 1.54) is 11.3 Å². The van der Waals surface area contributed by atoms with E-state index in [0.29, 0.717) is 51.4 Å². The van der Waals surface area contributed by atoms with Gasteiger partial charge in [-0.3, -0.25) is 9.59 Å². The van der Waals surface area contributed by atoms with Gasteiger partial charge in [0, 0.05) is 16.5 Å². The van der Waals surface area contributed by atoms with Gasteiger partial charge in [-0.15, -0.1) is 11.3 Å². The molecule has 10 heteroatoms. The molecule has 4 N–H and O–H groups in total. The Hall–Kier alpha value is -4.18. The second-order valence-electron chi connectivity index (χ2n) is 9.28. The van der Waals surface area contributed by atoms with E-state index in [1.54, 1.807) is 23.6 Å². The van der Waals surface area contributed by atoms with E-state index in [2.05, 4.69) is 10.6 Å². The quantitative estimate of drug-likeness (QED) is 0.287. The molecule has 0 fully saturated rings. The van der Waals surface area contributed by atoms with Crippen molar-refractivity contribution in [1.82, 2.24) is 15.3 Å². The van der Waals surface area contributed by atoms with Crippen LogP contribution in [0, 0.1) is 0 Å². The van der Waals surface area contributed by atoms with Crippen molar-refractivity contribution in [3.8, 4) is 22.9 Å². The van der Waals surface area contributed by atoms with E-state index in [4.69, 9.17) is 25.2 Å². The Balaban J connectivity index is 1.70. The molecule has 37 heavy (non-hydrogen) atoms. The lowest BCUT2D eigenvalue weighted by Gasteiger charge is -2.20. The Kier molecular flexibility index (Phi) is 7.58. The zero-order valence-corrected chi connectivity index (χ0v) is 21.9. The summed E-state index contributed by atoms with van der Waals surface area (Å²) in [5.74, 6) is 1.40. The van der Waals surface area contributed by atoms with Crippen LogP contribution in [0.15, 0.2) is 53.9 Å². The number of thiophene rings is 1. The minimum absolute atomic E-state index is 0.111. The first-order chi connectivity index (χ1) is 17.6. The Bertz CT molecular complexity index is 1440. The minimum atomic E-state index is -0.530. The Morgan fingerprint density at radius 3 is 2.54 bits per heavy atom. The summed E-state index contributed by atoms with van der Waals surface area (Å²) in [5, 5.41) is 9.23. The van der Waals surface area contributed by atoms with Gasteiger partial charge in [-0.25, -0.2) is 9.97 Å². The van der Waals surface area contributed by atoms with Crippen molar-refractivity contribution in [2.45, 2.75) is 33.2 Å². The molecule has 0 radical (unpaired) electrons. The fourth-order valence-electron chi connectivity index (χ4n) is 3.62. The number of amides is 2. The van der Waals surface area contributed by atoms with Gasteiger partial charge in [-0.05, 0) is 69.5 Å². The number of nitrogens with one attached hydrogen (secondary N) is 2. The standard InChI is InChI=1S/C27H29N5O4S/c1-5-35-18-9-10-21-20(14-18)25(31-26-19(23(28)34)11-12-37-26)30-24(29-21)16-7-6-8-17(13-16)36-15-22(33)32-27(2,3)4/h6-14H,5,15H2,1-4H3,(H2,28,34)(H,32,33)(H,29,30,31). The van der Waals surface area contributed by atoms with Gasteiger partial charge in [0.2, 0.25) is 0 Å². The van der Waals surface area contributed by atoms with Gasteiger partial charge in [-0.2, -0.15) is 0 Å². The topological polar surface area (TPSA) is 128 Å². The van der Waals surface area contributed by atoms with Crippen LogP contribution in [0.3, 0.4) is 0 Å². The van der Waals surface area contributed by atoms with E-state index in [9.17, 15) is 9.59 Å². The van der Waals surface area contributed by atoms with E-state index in [0.717, 1.165) is 5.39 Å². The van der Waals surface area contributed by atoms with Gasteiger partial charge in [0.25, 0.3) is 11.8 Å². The zero-order valence-electron chi connectivity index (χ0n) is 21.1. The van der Waals surface area contributed by atoms with Gasteiger partial charge in [0.1, 0.15) is 22.3 Å². The molecule has 0 spiro atoms. The van der Waals surface area contributed by atoms with Crippen LogP contribution >= 0.6 is 11.3 Å². The van der Waals surface area contributed by atoms with Crippen LogP contribution in [0.5, 0.6) is 11.5 Å². The molecular weight excluding hydrogens is 490 g/mol. The lowest BCUT2D eigenvalue weighted by molar-refractivity contribution is -0.124. The smallest absolute Gasteiger partial charge is 0.258 e. The van der Waals surface area contributed by atoms with Crippen LogP contribution in [-0.2, 0) is 4.79 Å². The summed E-state index contributed by atoms with van der Waals surface area (Å²) in [6.07, 6.45) is 0. The second kappa shape index (κ2) is 10.8. The number of carbonyl (C=O) groups excluding carboxylic acids is 2. The van der Waals surface area contributed by atoms with Crippen molar-refractivity contribution >= 4 is 44.9 Å². The van der Waals surface area contributed by atoms with Crippen molar-refractivity contribution in [2.24, 2.45) is 5.73 Å². The number of hydrogen-bond donors (Lipinski definition) is 3. The molecule has 0 aliphatic carbocycles. The third-order valence-corrected chi connectivity index (χ3v) is 5.95. The largest absolute Gasteiger partial charge is 0.494 e. The molecule has 9 nitrogen and oxygen atoms in total. The molecule has 2 aromatic heterocycles. The second-order valence-corrected chi connectivity index (χ2v) is 10.2. The third kappa shape index (κ3) is 6.53. The van der Waals surface area contributed by atoms with Gasteiger partial charge < -0.3 is 25.8 Å². The number of nitrogens with zero attached hydrogens (tertiary/aromatic N) is 2. The van der Waals surface area contributed by atoms with Crippen molar-refractivity contribution in [1.29, 1.82) is 0 Å². The normalized spacial score (nSPS) is 11.2. The maximum absolute atomic E-state index is 12.2. The average molecular weight is 520 g/mol. The molecule has 192 valence electrons. The fraction of sp³-hybridized carbons (Fsp3) is 0.259. The molecule has 0 aliphatic rings. The van der Waals surface area contributed by atoms with Crippen molar-refractivity contribution in [3.63, 3.8) is 0 Å². The van der Waals surface area contributed by atoms with Crippen LogP contribution < -0.4 is 25.8 Å². The molecule has 4 aromatic rings. The summed E-state index contributed by atoms with van der Waals surface area (Å²) in [7, 11) is 0. The van der Waals surface area contributed by atoms with E-state index in [-0.39, 0.29) is 18.1 Å². The Morgan fingerprint density at radius 2 is 1.81 bits per heavy atom. The average Bonchev–Trinajstić information content (AvgIpc) is 3.31. The lowest BCUT2D eigenvalue weighted by atomic mass is 10.1. The number of fused-ring (bicyclic) bond motifs is 1. The predicted molar refractivity (Wildman–Crippen MR) is 146 cm³/mol. The molecule has 0 aliphatic heterocycles. The maximum atomic E-state index is 12.2. The third-order valence-electron chi connectivity index (χ3n) is 5.12. The maximum Gasteiger partial charge on any atom is 0.258 e. The number of nitrogens with two attached hydrogens (primary N) is 1. The van der Waals surface area contributed by atoms with Gasteiger partial charge >= 0.3 is 0 Å². The number of benzene rings is 2. The highest BCUT2D eigenvalue weighted by molar-refractivity contribution is 7.14. The van der Waals surface area contributed by atoms with E-state index < -0.39 is 5.91 Å². The Labute approximate surface area is 219 Å². The molecule has 0 saturated heterocycles. The number of carbonyl (C=O) groups is 2. The van der Waals surface area contributed by atoms with Crippen molar-refractivity contribution in [3.05, 3.63) is 59.5 Å². The lowest BCUT2D eigenvalue weighted by Crippen LogP contribution is -2.43. The van der Waals surface area contributed by atoms with E-state index >= 15 is 0 Å². The SMILES string of the molecule is CCOc1ccc2nc(-c3cccc(OCC(=O)NC(C)(C)C)c3)nc(Nc3sccc3C(N)=O)c2c1. The van der Waals surface area contributed by atoms with Crippen LogP contribution in [0.4, 0.5) is 10.8 Å². The molecule has 0 unspecified atom stereocenters. The number of ether oxygens (including phenoxy) is 2. The molecular formula is C27H29N5O4S. The van der Waals surface area contributed by atoms with E-state index in [1.807, 2.05) is 58.0 Å². The molecule has 0 saturated carbocycles. The summed E-state index contributed by atoms with van der Waals surface area (Å²) in [6, 6.07) is 14.5. The Morgan fingerprint density at radius 1 is 1.03 bits per heavy atom. The molecule has 4 rings (SSSR count). The highest BCUT2D eigenvalue weighted by Gasteiger charge is 2.17. The zero-order chi connectivity index (χ0) is 26.6. The van der Waals surface area contributed by atoms with Crippen LogP contribution in [0.1, 0.15) is 38.1 Å². The first-order valence-corrected chi connectivity index (χ1v) is 12.6. The molecule has 2 aromatic carbocycles. The highest BCUT2D eigenvalue weighted by Crippen LogP contribution is 2.33. The summed E-state index contributed by atoms with van der Waals surface area (Å²) in [5.41, 5.74) is 6.96. The minimum Gasteiger partial charge on any atom is -0.494 e. The van der Waals surface area contributed by atoms with Crippen molar-refractivity contribution in [2.75, 3.05) is 18.5 Å². The molecule has 2 amide bonds. The number of hydrogen-bond acceptors (Lipinski definition) is 8. The summed E-state index contributed by atoms with van der Waals surface area (Å²) >= 11 is 1.35. The number of rotatable bonds is 9. The first-order valence-electron chi connectivity index (χ1n) is 11.8. The number of aromatic nitrogens is 2. The predicted octanol–water partition coefficient (Wildman–Crippen LogP) is 4.89. The number of primary amides is 1.